The van der Waals surface area contributed by atoms with Crippen LogP contribution in [0.1, 0.15) is 54.1 Å². The van der Waals surface area contributed by atoms with Gasteiger partial charge in [-0.2, -0.15) is 12.4 Å². The van der Waals surface area contributed by atoms with Crippen molar-refractivity contribution in [2.45, 2.75) is 52.5 Å². The van der Waals surface area contributed by atoms with Gasteiger partial charge in [0.05, 0.1) is 30.2 Å². The van der Waals surface area contributed by atoms with Crippen molar-refractivity contribution in [2.75, 3.05) is 17.9 Å². The van der Waals surface area contributed by atoms with E-state index < -0.39 is 39.7 Å². The number of benzene rings is 2. The highest BCUT2D eigenvalue weighted by atomic mass is 32.2. The summed E-state index contributed by atoms with van der Waals surface area (Å²) in [5, 5.41) is 2.55. The molecule has 13 heteroatoms. The molecule has 0 fully saturated rings. The molecule has 3 aromatic rings. The van der Waals surface area contributed by atoms with Gasteiger partial charge in [-0.3, -0.25) is 19.1 Å². The molecule has 0 saturated carbocycles. The number of hydrogen-bond acceptors (Lipinski definition) is 9. The summed E-state index contributed by atoms with van der Waals surface area (Å²) in [6, 6.07) is 11.7. The monoisotopic (exact) mass is 596 g/mol. The van der Waals surface area contributed by atoms with Gasteiger partial charge in [0.2, 0.25) is 0 Å². The average molecular weight is 597 g/mol. The number of aryl methyl sites for hydroxylation is 3. The van der Waals surface area contributed by atoms with Gasteiger partial charge in [-0.1, -0.05) is 24.3 Å². The van der Waals surface area contributed by atoms with Crippen molar-refractivity contribution in [2.24, 2.45) is 0 Å². The van der Waals surface area contributed by atoms with Gasteiger partial charge in [-0.05, 0) is 75.4 Å². The van der Waals surface area contributed by atoms with Crippen molar-refractivity contribution in [3.63, 3.8) is 0 Å². The third kappa shape index (κ3) is 6.68. The van der Waals surface area contributed by atoms with E-state index in [0.717, 1.165) is 5.56 Å². The molecule has 1 amide bonds. The standard InChI is InChI=1S/C29H32N4O8S/c1-4-40-25(34)17-16-24(29(37)41-5-2)31-27(35)20-10-13-21(14-11-20)32-42(38,39)33-18(3)30-23-15-12-19-8-6-7-9-22(19)26(23)28(33)36/h6-11,13-14,24,32H,4-5,12,15-17H2,1-3H3,(H,31,35)/t24-/m0/s1. The van der Waals surface area contributed by atoms with Crippen molar-refractivity contribution in [1.82, 2.24) is 14.3 Å². The first-order valence-corrected chi connectivity index (χ1v) is 15.0. The summed E-state index contributed by atoms with van der Waals surface area (Å²) >= 11 is 0. The molecule has 1 aliphatic carbocycles. The van der Waals surface area contributed by atoms with E-state index in [0.29, 0.717) is 28.1 Å². The van der Waals surface area contributed by atoms with Crippen LogP contribution in [0.2, 0.25) is 0 Å². The van der Waals surface area contributed by atoms with Crippen LogP contribution in [0.4, 0.5) is 5.69 Å². The van der Waals surface area contributed by atoms with Gasteiger partial charge in [0, 0.05) is 12.0 Å². The molecule has 1 atom stereocenters. The fourth-order valence-corrected chi connectivity index (χ4v) is 5.97. The largest absolute Gasteiger partial charge is 0.466 e. The molecular formula is C29H32N4O8S. The van der Waals surface area contributed by atoms with Crippen LogP contribution >= 0.6 is 0 Å². The summed E-state index contributed by atoms with van der Waals surface area (Å²) in [6.07, 6.45) is 1.12. The van der Waals surface area contributed by atoms with Crippen LogP contribution in [0.15, 0.2) is 53.3 Å². The van der Waals surface area contributed by atoms with E-state index in [2.05, 4.69) is 15.0 Å². The number of nitrogens with zero attached hydrogens (tertiary/aromatic N) is 2. The second kappa shape index (κ2) is 13.0. The van der Waals surface area contributed by atoms with Crippen LogP contribution in [0.25, 0.3) is 11.1 Å². The minimum absolute atomic E-state index is 0.0192. The van der Waals surface area contributed by atoms with E-state index >= 15 is 0 Å². The van der Waals surface area contributed by atoms with Crippen LogP contribution in [-0.4, -0.2) is 54.5 Å². The summed E-state index contributed by atoms with van der Waals surface area (Å²) in [6.45, 7) is 5.02. The number of nitrogens with one attached hydrogen (secondary N) is 2. The number of anilines is 1. The van der Waals surface area contributed by atoms with Gasteiger partial charge in [0.15, 0.2) is 0 Å². The Morgan fingerprint density at radius 3 is 2.38 bits per heavy atom. The SMILES string of the molecule is CCOC(=O)CC[C@H](NC(=O)c1ccc(NS(=O)(=O)n2c(C)nc3c(c2=O)-c2ccccc2CC3)cc1)C(=O)OCC. The number of amides is 1. The van der Waals surface area contributed by atoms with E-state index in [-0.39, 0.29) is 48.7 Å². The summed E-state index contributed by atoms with van der Waals surface area (Å²) in [7, 11) is -4.41. The van der Waals surface area contributed by atoms with Crippen LogP contribution in [0.3, 0.4) is 0 Å². The molecule has 12 nitrogen and oxygen atoms in total. The predicted molar refractivity (Wildman–Crippen MR) is 154 cm³/mol. The van der Waals surface area contributed by atoms with E-state index in [4.69, 9.17) is 9.47 Å². The molecule has 1 aromatic heterocycles. The number of fused-ring (bicyclic) bond motifs is 3. The summed E-state index contributed by atoms with van der Waals surface area (Å²) < 4.78 is 39.6. The Morgan fingerprint density at radius 1 is 1.00 bits per heavy atom. The molecular weight excluding hydrogens is 564 g/mol. The summed E-state index contributed by atoms with van der Waals surface area (Å²) in [4.78, 5) is 54.9. The maximum atomic E-state index is 13.5. The number of aromatic nitrogens is 2. The minimum Gasteiger partial charge on any atom is -0.466 e. The highest BCUT2D eigenvalue weighted by Crippen LogP contribution is 2.30. The van der Waals surface area contributed by atoms with Crippen LogP contribution in [-0.2, 0) is 42.1 Å². The van der Waals surface area contributed by atoms with Crippen molar-refractivity contribution in [1.29, 1.82) is 0 Å². The molecule has 0 spiro atoms. The lowest BCUT2D eigenvalue weighted by Gasteiger charge is -2.21. The third-order valence-corrected chi connectivity index (χ3v) is 8.05. The Bertz CT molecular complexity index is 1670. The molecule has 1 aliphatic rings. The zero-order chi connectivity index (χ0) is 30.4. The molecule has 0 aliphatic heterocycles. The summed E-state index contributed by atoms with van der Waals surface area (Å²) in [5.74, 6) is -1.81. The highest BCUT2D eigenvalue weighted by Gasteiger charge is 2.28. The normalized spacial score (nSPS) is 12.8. The zero-order valence-corrected chi connectivity index (χ0v) is 24.3. The number of ether oxygens (including phenoxy) is 2. The first-order valence-electron chi connectivity index (χ1n) is 13.5. The van der Waals surface area contributed by atoms with Crippen molar-refractivity contribution >= 4 is 33.7 Å². The predicted octanol–water partition coefficient (Wildman–Crippen LogP) is 2.53. The summed E-state index contributed by atoms with van der Waals surface area (Å²) in [5.41, 5.74) is 1.97. The molecule has 0 bridgehead atoms. The first kappa shape index (κ1) is 30.4. The van der Waals surface area contributed by atoms with Gasteiger partial charge in [0.1, 0.15) is 11.9 Å². The highest BCUT2D eigenvalue weighted by molar-refractivity contribution is 7.91. The number of rotatable bonds is 11. The zero-order valence-electron chi connectivity index (χ0n) is 23.5. The van der Waals surface area contributed by atoms with E-state index in [9.17, 15) is 27.6 Å². The van der Waals surface area contributed by atoms with E-state index in [1.54, 1.807) is 26.0 Å². The molecule has 1 heterocycles. The van der Waals surface area contributed by atoms with Gasteiger partial charge < -0.3 is 14.8 Å². The Labute approximate surface area is 243 Å². The van der Waals surface area contributed by atoms with Crippen molar-refractivity contribution in [3.05, 3.63) is 81.5 Å². The topological polar surface area (TPSA) is 163 Å². The number of esters is 2. The van der Waals surface area contributed by atoms with Crippen molar-refractivity contribution in [3.8, 4) is 11.1 Å². The number of hydrogen-bond donors (Lipinski definition) is 2. The third-order valence-electron chi connectivity index (χ3n) is 6.65. The Morgan fingerprint density at radius 2 is 1.69 bits per heavy atom. The smallest absolute Gasteiger partial charge is 0.331 e. The second-order valence-corrected chi connectivity index (χ2v) is 11.0. The first-order chi connectivity index (χ1) is 20.1. The molecule has 42 heavy (non-hydrogen) atoms. The van der Waals surface area contributed by atoms with Crippen LogP contribution < -0.4 is 15.6 Å². The Balaban J connectivity index is 1.52. The molecule has 222 valence electrons. The van der Waals surface area contributed by atoms with E-state index in [1.807, 2.05) is 12.1 Å². The van der Waals surface area contributed by atoms with Crippen LogP contribution in [0.5, 0.6) is 0 Å². The van der Waals surface area contributed by atoms with Gasteiger partial charge in [-0.15, -0.1) is 0 Å². The quantitative estimate of drug-likeness (QED) is 0.317. The molecule has 0 saturated heterocycles. The van der Waals surface area contributed by atoms with Gasteiger partial charge in [-0.25, -0.2) is 9.78 Å². The van der Waals surface area contributed by atoms with Crippen LogP contribution in [0, 0.1) is 6.92 Å². The average Bonchev–Trinajstić information content (AvgIpc) is 2.95. The lowest BCUT2D eigenvalue weighted by atomic mass is 9.89. The van der Waals surface area contributed by atoms with Gasteiger partial charge >= 0.3 is 22.1 Å². The maximum absolute atomic E-state index is 13.5. The Hall–Kier alpha value is -4.52. The number of carbonyl (C=O) groups excluding carboxylic acids is 3. The fraction of sp³-hybridized carbons (Fsp3) is 0.345. The van der Waals surface area contributed by atoms with Crippen molar-refractivity contribution < 1.29 is 32.3 Å². The fourth-order valence-electron chi connectivity index (χ4n) is 4.75. The minimum atomic E-state index is -4.41. The molecule has 0 unspecified atom stereocenters. The second-order valence-electron chi connectivity index (χ2n) is 9.51. The van der Waals surface area contributed by atoms with E-state index in [1.165, 1.54) is 31.2 Å². The lowest BCUT2D eigenvalue weighted by molar-refractivity contribution is -0.146. The maximum Gasteiger partial charge on any atom is 0.331 e. The van der Waals surface area contributed by atoms with Gasteiger partial charge in [0.25, 0.3) is 11.5 Å². The number of carbonyl (C=O) groups is 3. The molecule has 0 radical (unpaired) electrons. The molecule has 2 N–H and O–H groups in total. The Kier molecular flexibility index (Phi) is 9.41. The molecule has 4 rings (SSSR count). The molecule has 2 aromatic carbocycles. The lowest BCUT2D eigenvalue weighted by Crippen LogP contribution is -2.42.